The van der Waals surface area contributed by atoms with Crippen molar-refractivity contribution in [3.8, 4) is 0 Å². The van der Waals surface area contributed by atoms with E-state index in [1.54, 1.807) is 0 Å². The molecule has 0 unspecified atom stereocenters. The zero-order chi connectivity index (χ0) is 9.26. The van der Waals surface area contributed by atoms with Crippen molar-refractivity contribution in [1.29, 1.82) is 0 Å². The summed E-state index contributed by atoms with van der Waals surface area (Å²) in [6.07, 6.45) is 2.33. The molecule has 0 N–H and O–H groups in total. The first-order valence-corrected chi connectivity index (χ1v) is 5.07. The maximum absolute atomic E-state index is 10.4. The molecular formula is C8H9N2O2S-. The molecule has 1 saturated heterocycles. The first-order chi connectivity index (χ1) is 6.27. The Labute approximate surface area is 79.8 Å². The Kier molecular flexibility index (Phi) is 2.18. The summed E-state index contributed by atoms with van der Waals surface area (Å²) in [6.45, 7) is 1.97. The topological polar surface area (TPSA) is 56.3 Å². The highest BCUT2D eigenvalue weighted by Gasteiger charge is 2.15. The fourth-order valence-corrected chi connectivity index (χ4v) is 2.26. The fourth-order valence-electron chi connectivity index (χ4n) is 1.41. The molecule has 4 nitrogen and oxygen atoms in total. The molecule has 0 spiro atoms. The van der Waals surface area contributed by atoms with Crippen LogP contribution in [0, 0.1) is 0 Å². The number of carboxylic acids is 1. The van der Waals surface area contributed by atoms with Crippen molar-refractivity contribution in [2.45, 2.75) is 12.8 Å². The first kappa shape index (κ1) is 8.50. The Morgan fingerprint density at radius 1 is 1.54 bits per heavy atom. The number of hydrogen-bond acceptors (Lipinski definition) is 5. The lowest BCUT2D eigenvalue weighted by Gasteiger charge is -2.12. The monoisotopic (exact) mass is 197 g/mol. The molecule has 70 valence electrons. The predicted molar refractivity (Wildman–Crippen MR) is 47.9 cm³/mol. The number of aromatic carboxylic acids is 1. The second-order valence-electron chi connectivity index (χ2n) is 3.00. The lowest BCUT2D eigenvalue weighted by Crippen LogP contribution is -2.23. The molecule has 0 atom stereocenters. The van der Waals surface area contributed by atoms with Crippen LogP contribution in [0.15, 0.2) is 5.38 Å². The Balaban J connectivity index is 2.16. The Morgan fingerprint density at radius 3 is 2.77 bits per heavy atom. The molecule has 0 saturated carbocycles. The van der Waals surface area contributed by atoms with Gasteiger partial charge in [-0.2, -0.15) is 0 Å². The second-order valence-corrected chi connectivity index (χ2v) is 3.83. The van der Waals surface area contributed by atoms with E-state index in [1.165, 1.54) is 29.6 Å². The Bertz CT molecular complexity index is 318. The van der Waals surface area contributed by atoms with Gasteiger partial charge in [-0.15, -0.1) is 11.3 Å². The van der Waals surface area contributed by atoms with E-state index in [9.17, 15) is 9.90 Å². The molecule has 0 amide bonds. The summed E-state index contributed by atoms with van der Waals surface area (Å²) < 4.78 is 0. The molecule has 1 aromatic rings. The smallest absolute Gasteiger partial charge is 0.185 e. The van der Waals surface area contributed by atoms with Crippen LogP contribution in [-0.4, -0.2) is 24.0 Å². The van der Waals surface area contributed by atoms with Gasteiger partial charge in [0.1, 0.15) is 0 Å². The van der Waals surface area contributed by atoms with Crippen molar-refractivity contribution in [3.05, 3.63) is 11.1 Å². The van der Waals surface area contributed by atoms with Gasteiger partial charge in [-0.3, -0.25) is 0 Å². The van der Waals surface area contributed by atoms with Gasteiger partial charge in [0.15, 0.2) is 5.13 Å². The molecule has 0 radical (unpaired) electrons. The molecular weight excluding hydrogens is 188 g/mol. The number of hydrogen-bond donors (Lipinski definition) is 0. The van der Waals surface area contributed by atoms with Gasteiger partial charge in [0, 0.05) is 18.5 Å². The third-order valence-electron chi connectivity index (χ3n) is 2.08. The van der Waals surface area contributed by atoms with E-state index in [-0.39, 0.29) is 5.69 Å². The van der Waals surface area contributed by atoms with Crippen LogP contribution in [0.5, 0.6) is 0 Å². The van der Waals surface area contributed by atoms with E-state index in [0.29, 0.717) is 0 Å². The summed E-state index contributed by atoms with van der Waals surface area (Å²) in [6, 6.07) is 0. The minimum Gasteiger partial charge on any atom is -0.543 e. The number of rotatable bonds is 2. The van der Waals surface area contributed by atoms with Gasteiger partial charge < -0.3 is 14.8 Å². The largest absolute Gasteiger partial charge is 0.543 e. The van der Waals surface area contributed by atoms with Crippen LogP contribution in [0.25, 0.3) is 0 Å². The van der Waals surface area contributed by atoms with Gasteiger partial charge in [-0.05, 0) is 12.8 Å². The molecule has 0 aliphatic carbocycles. The number of carbonyl (C=O) groups excluding carboxylic acids is 1. The lowest BCUT2D eigenvalue weighted by molar-refractivity contribution is -0.255. The first-order valence-electron chi connectivity index (χ1n) is 4.19. The molecule has 0 bridgehead atoms. The maximum Gasteiger partial charge on any atom is 0.185 e. The second kappa shape index (κ2) is 3.33. The molecule has 5 heteroatoms. The van der Waals surface area contributed by atoms with Crippen LogP contribution < -0.4 is 10.0 Å². The number of carboxylic acid groups (broad SMARTS) is 1. The summed E-state index contributed by atoms with van der Waals surface area (Å²) in [5.41, 5.74) is 0.0481. The third-order valence-corrected chi connectivity index (χ3v) is 2.98. The SMILES string of the molecule is O=C([O-])c1csc(N2CCCC2)n1. The van der Waals surface area contributed by atoms with Crippen molar-refractivity contribution in [3.63, 3.8) is 0 Å². The third kappa shape index (κ3) is 1.65. The minimum atomic E-state index is -1.19. The van der Waals surface area contributed by atoms with Crippen molar-refractivity contribution in [1.82, 2.24) is 4.98 Å². The summed E-state index contributed by atoms with van der Waals surface area (Å²) in [5, 5.41) is 12.8. The van der Waals surface area contributed by atoms with E-state index in [1.807, 2.05) is 0 Å². The molecule has 1 aromatic heterocycles. The summed E-state index contributed by atoms with van der Waals surface area (Å²) >= 11 is 1.37. The quantitative estimate of drug-likeness (QED) is 0.675. The molecule has 2 rings (SSSR count). The van der Waals surface area contributed by atoms with E-state index in [0.717, 1.165) is 18.2 Å². The van der Waals surface area contributed by atoms with Crippen LogP contribution in [0.4, 0.5) is 5.13 Å². The maximum atomic E-state index is 10.4. The minimum absolute atomic E-state index is 0.0481. The zero-order valence-electron chi connectivity index (χ0n) is 7.02. The Hall–Kier alpha value is -1.10. The van der Waals surface area contributed by atoms with Crippen molar-refractivity contribution >= 4 is 22.4 Å². The zero-order valence-corrected chi connectivity index (χ0v) is 7.84. The fraction of sp³-hybridized carbons (Fsp3) is 0.500. The van der Waals surface area contributed by atoms with Crippen LogP contribution >= 0.6 is 11.3 Å². The lowest BCUT2D eigenvalue weighted by atomic mass is 10.4. The normalized spacial score (nSPS) is 16.5. The number of anilines is 1. The van der Waals surface area contributed by atoms with Crippen LogP contribution in [0.1, 0.15) is 23.3 Å². The van der Waals surface area contributed by atoms with E-state index >= 15 is 0 Å². The molecule has 1 fully saturated rings. The van der Waals surface area contributed by atoms with E-state index in [2.05, 4.69) is 9.88 Å². The summed E-state index contributed by atoms with van der Waals surface area (Å²) in [5.74, 6) is -1.19. The Morgan fingerprint density at radius 2 is 2.23 bits per heavy atom. The van der Waals surface area contributed by atoms with Crippen LogP contribution in [-0.2, 0) is 0 Å². The van der Waals surface area contributed by atoms with E-state index in [4.69, 9.17) is 0 Å². The van der Waals surface area contributed by atoms with E-state index < -0.39 is 5.97 Å². The highest BCUT2D eigenvalue weighted by atomic mass is 32.1. The number of aromatic nitrogens is 1. The van der Waals surface area contributed by atoms with Gasteiger partial charge in [-0.25, -0.2) is 4.98 Å². The average Bonchev–Trinajstić information content (AvgIpc) is 2.75. The van der Waals surface area contributed by atoms with Crippen molar-refractivity contribution in [2.24, 2.45) is 0 Å². The molecule has 1 aliphatic heterocycles. The molecule has 2 heterocycles. The standard InChI is InChI=1S/C8H10N2O2S/c11-7(12)6-5-13-8(9-6)10-3-1-2-4-10/h5H,1-4H2,(H,11,12)/p-1. The average molecular weight is 197 g/mol. The van der Waals surface area contributed by atoms with Crippen molar-refractivity contribution < 1.29 is 9.90 Å². The van der Waals surface area contributed by atoms with Crippen LogP contribution in [0.3, 0.4) is 0 Å². The van der Waals surface area contributed by atoms with Crippen LogP contribution in [0.2, 0.25) is 0 Å². The van der Waals surface area contributed by atoms with Gasteiger partial charge in [0.25, 0.3) is 0 Å². The highest BCUT2D eigenvalue weighted by Crippen LogP contribution is 2.23. The number of thiazole rings is 1. The highest BCUT2D eigenvalue weighted by molar-refractivity contribution is 7.13. The molecule has 0 aromatic carbocycles. The van der Waals surface area contributed by atoms with Gasteiger partial charge >= 0.3 is 0 Å². The number of carbonyl (C=O) groups is 1. The van der Waals surface area contributed by atoms with Crippen molar-refractivity contribution in [2.75, 3.05) is 18.0 Å². The molecule has 1 aliphatic rings. The predicted octanol–water partition coefficient (Wildman–Crippen LogP) is 0.107. The van der Waals surface area contributed by atoms with Gasteiger partial charge in [0.05, 0.1) is 11.7 Å². The molecule has 13 heavy (non-hydrogen) atoms. The summed E-state index contributed by atoms with van der Waals surface area (Å²) in [7, 11) is 0. The van der Waals surface area contributed by atoms with Gasteiger partial charge in [0.2, 0.25) is 0 Å². The van der Waals surface area contributed by atoms with Gasteiger partial charge in [-0.1, -0.05) is 0 Å². The summed E-state index contributed by atoms with van der Waals surface area (Å²) in [4.78, 5) is 16.5. The number of nitrogens with zero attached hydrogens (tertiary/aromatic N) is 2.